The van der Waals surface area contributed by atoms with Gasteiger partial charge in [0.15, 0.2) is 0 Å². The van der Waals surface area contributed by atoms with Crippen LogP contribution in [-0.4, -0.2) is 25.6 Å². The van der Waals surface area contributed by atoms with Crippen LogP contribution >= 0.6 is 11.8 Å². The molecule has 2 aromatic rings. The van der Waals surface area contributed by atoms with E-state index < -0.39 is 5.97 Å². The summed E-state index contributed by atoms with van der Waals surface area (Å²) >= 11 is 1.60. The number of thioether (sulfide) groups is 1. The molecule has 6 heteroatoms. The van der Waals surface area contributed by atoms with Crippen molar-refractivity contribution in [1.29, 1.82) is 0 Å². The molecule has 0 aromatic carbocycles. The number of carbonyl (C=O) groups is 1. The SMILES string of the molecule is O=C(O)c1cc(SCc2cncn2C2CC2)ccn1. The Bertz CT molecular complexity index is 607. The number of imidazole rings is 1. The van der Waals surface area contributed by atoms with Crippen LogP contribution in [0.25, 0.3) is 0 Å². The third-order valence-corrected chi connectivity index (χ3v) is 4.05. The van der Waals surface area contributed by atoms with Gasteiger partial charge in [0.25, 0.3) is 0 Å². The van der Waals surface area contributed by atoms with E-state index in [2.05, 4.69) is 14.5 Å². The fourth-order valence-corrected chi connectivity index (χ4v) is 2.79. The van der Waals surface area contributed by atoms with E-state index in [1.165, 1.54) is 24.7 Å². The topological polar surface area (TPSA) is 68.0 Å². The first-order valence-corrected chi connectivity index (χ1v) is 7.05. The molecule has 1 fully saturated rings. The van der Waals surface area contributed by atoms with Crippen molar-refractivity contribution in [3.8, 4) is 0 Å². The van der Waals surface area contributed by atoms with Crippen molar-refractivity contribution >= 4 is 17.7 Å². The number of nitrogens with zero attached hydrogens (tertiary/aromatic N) is 3. The zero-order chi connectivity index (χ0) is 13.2. The largest absolute Gasteiger partial charge is 0.477 e. The van der Waals surface area contributed by atoms with Crippen LogP contribution in [0.4, 0.5) is 0 Å². The molecule has 0 spiro atoms. The molecule has 0 amide bonds. The van der Waals surface area contributed by atoms with Crippen LogP contribution in [0.3, 0.4) is 0 Å². The third kappa shape index (κ3) is 2.78. The van der Waals surface area contributed by atoms with Crippen molar-refractivity contribution in [2.75, 3.05) is 0 Å². The maximum atomic E-state index is 10.9. The zero-order valence-electron chi connectivity index (χ0n) is 10.2. The second-order valence-electron chi connectivity index (χ2n) is 4.49. The Balaban J connectivity index is 1.70. The molecule has 0 aliphatic heterocycles. The standard InChI is InChI=1S/C13H13N3O2S/c17-13(18)12-5-11(3-4-15-12)19-7-10-6-14-8-16(10)9-1-2-9/h3-6,8-9H,1-2,7H2,(H,17,18). The molecule has 19 heavy (non-hydrogen) atoms. The van der Waals surface area contributed by atoms with Gasteiger partial charge in [0.05, 0.1) is 6.33 Å². The van der Waals surface area contributed by atoms with E-state index in [0.717, 1.165) is 10.6 Å². The molecule has 5 nitrogen and oxygen atoms in total. The average molecular weight is 275 g/mol. The summed E-state index contributed by atoms with van der Waals surface area (Å²) in [7, 11) is 0. The Labute approximate surface area is 114 Å². The van der Waals surface area contributed by atoms with Crippen LogP contribution in [-0.2, 0) is 5.75 Å². The highest BCUT2D eigenvalue weighted by Crippen LogP contribution is 2.36. The van der Waals surface area contributed by atoms with Gasteiger partial charge in [-0.2, -0.15) is 0 Å². The first-order valence-electron chi connectivity index (χ1n) is 6.07. The van der Waals surface area contributed by atoms with E-state index >= 15 is 0 Å². The van der Waals surface area contributed by atoms with Gasteiger partial charge in [-0.3, -0.25) is 0 Å². The summed E-state index contributed by atoms with van der Waals surface area (Å²) in [6, 6.07) is 4.05. The Morgan fingerprint density at radius 1 is 1.53 bits per heavy atom. The molecule has 1 aliphatic rings. The second kappa shape index (κ2) is 5.05. The number of aromatic carboxylic acids is 1. The van der Waals surface area contributed by atoms with Gasteiger partial charge in [-0.15, -0.1) is 11.8 Å². The Morgan fingerprint density at radius 2 is 2.37 bits per heavy atom. The predicted octanol–water partition coefficient (Wildman–Crippen LogP) is 2.60. The first-order chi connectivity index (χ1) is 9.24. The summed E-state index contributed by atoms with van der Waals surface area (Å²) in [4.78, 5) is 19.8. The van der Waals surface area contributed by atoms with Crippen LogP contribution < -0.4 is 0 Å². The fourth-order valence-electron chi connectivity index (χ4n) is 1.90. The fraction of sp³-hybridized carbons (Fsp3) is 0.308. The monoisotopic (exact) mass is 275 g/mol. The average Bonchev–Trinajstić information content (AvgIpc) is 3.16. The number of hydrogen-bond acceptors (Lipinski definition) is 4. The maximum absolute atomic E-state index is 10.9. The number of carboxylic acid groups (broad SMARTS) is 1. The Hall–Kier alpha value is -1.82. The number of carboxylic acids is 1. The minimum Gasteiger partial charge on any atom is -0.477 e. The van der Waals surface area contributed by atoms with Crippen LogP contribution in [0.5, 0.6) is 0 Å². The van der Waals surface area contributed by atoms with Gasteiger partial charge in [0.1, 0.15) is 5.69 Å². The van der Waals surface area contributed by atoms with Crippen molar-refractivity contribution in [3.05, 3.63) is 42.2 Å². The number of hydrogen-bond donors (Lipinski definition) is 1. The summed E-state index contributed by atoms with van der Waals surface area (Å²) in [6.45, 7) is 0. The lowest BCUT2D eigenvalue weighted by atomic mass is 10.3. The van der Waals surface area contributed by atoms with Crippen LogP contribution in [0.1, 0.15) is 35.1 Å². The van der Waals surface area contributed by atoms with E-state index in [1.54, 1.807) is 17.8 Å². The summed E-state index contributed by atoms with van der Waals surface area (Å²) in [5, 5.41) is 8.90. The minimum atomic E-state index is -0.995. The van der Waals surface area contributed by atoms with Gasteiger partial charge in [-0.05, 0) is 25.0 Å². The van der Waals surface area contributed by atoms with Gasteiger partial charge in [-0.25, -0.2) is 14.8 Å². The molecule has 0 radical (unpaired) electrons. The van der Waals surface area contributed by atoms with Crippen molar-refractivity contribution in [1.82, 2.24) is 14.5 Å². The molecule has 2 heterocycles. The summed E-state index contributed by atoms with van der Waals surface area (Å²) in [5.74, 6) is -0.204. The third-order valence-electron chi connectivity index (χ3n) is 3.02. The molecule has 2 aromatic heterocycles. The summed E-state index contributed by atoms with van der Waals surface area (Å²) < 4.78 is 2.21. The molecular formula is C13H13N3O2S. The first kappa shape index (κ1) is 12.2. The Morgan fingerprint density at radius 3 is 3.11 bits per heavy atom. The molecule has 3 rings (SSSR count). The van der Waals surface area contributed by atoms with Gasteiger partial charge in [0, 0.05) is 34.8 Å². The molecule has 0 bridgehead atoms. The van der Waals surface area contributed by atoms with Crippen molar-refractivity contribution in [3.63, 3.8) is 0 Å². The van der Waals surface area contributed by atoms with Crippen molar-refractivity contribution in [2.24, 2.45) is 0 Å². The van der Waals surface area contributed by atoms with E-state index in [1.807, 2.05) is 18.6 Å². The minimum absolute atomic E-state index is 0.0840. The highest BCUT2D eigenvalue weighted by Gasteiger charge is 2.25. The van der Waals surface area contributed by atoms with E-state index in [-0.39, 0.29) is 5.69 Å². The number of rotatable bonds is 5. The predicted molar refractivity (Wildman–Crippen MR) is 71.3 cm³/mol. The normalized spacial score (nSPS) is 14.5. The molecule has 98 valence electrons. The van der Waals surface area contributed by atoms with E-state index in [0.29, 0.717) is 6.04 Å². The summed E-state index contributed by atoms with van der Waals surface area (Å²) in [6.07, 6.45) is 7.75. The van der Waals surface area contributed by atoms with Crippen molar-refractivity contribution < 1.29 is 9.90 Å². The van der Waals surface area contributed by atoms with Gasteiger partial charge >= 0.3 is 5.97 Å². The van der Waals surface area contributed by atoms with Gasteiger partial charge in [-0.1, -0.05) is 0 Å². The smallest absolute Gasteiger partial charge is 0.354 e. The van der Waals surface area contributed by atoms with Crippen molar-refractivity contribution in [2.45, 2.75) is 29.5 Å². The van der Waals surface area contributed by atoms with Crippen LogP contribution in [0, 0.1) is 0 Å². The second-order valence-corrected chi connectivity index (χ2v) is 5.54. The highest BCUT2D eigenvalue weighted by molar-refractivity contribution is 7.98. The quantitative estimate of drug-likeness (QED) is 0.849. The lowest BCUT2D eigenvalue weighted by molar-refractivity contribution is 0.0690. The lowest BCUT2D eigenvalue weighted by Gasteiger charge is -2.06. The molecule has 0 saturated heterocycles. The number of pyridine rings is 1. The van der Waals surface area contributed by atoms with E-state index in [4.69, 9.17) is 5.11 Å². The molecule has 0 unspecified atom stereocenters. The van der Waals surface area contributed by atoms with Crippen LogP contribution in [0.2, 0.25) is 0 Å². The van der Waals surface area contributed by atoms with Gasteiger partial charge < -0.3 is 9.67 Å². The zero-order valence-corrected chi connectivity index (χ0v) is 11.0. The summed E-state index contributed by atoms with van der Waals surface area (Å²) in [5.41, 5.74) is 1.27. The van der Waals surface area contributed by atoms with E-state index in [9.17, 15) is 4.79 Å². The number of aromatic nitrogens is 3. The molecule has 1 aliphatic carbocycles. The molecular weight excluding hydrogens is 262 g/mol. The molecule has 1 saturated carbocycles. The molecule has 1 N–H and O–H groups in total. The lowest BCUT2D eigenvalue weighted by Crippen LogP contribution is -2.00. The maximum Gasteiger partial charge on any atom is 0.354 e. The van der Waals surface area contributed by atoms with Crippen LogP contribution in [0.15, 0.2) is 35.7 Å². The highest BCUT2D eigenvalue weighted by atomic mass is 32.2. The van der Waals surface area contributed by atoms with Gasteiger partial charge in [0.2, 0.25) is 0 Å². The molecule has 0 atom stereocenters. The Kier molecular flexibility index (Phi) is 3.25.